The van der Waals surface area contributed by atoms with Crippen LogP contribution in [0.1, 0.15) is 24.9 Å². The first-order valence-electron chi connectivity index (χ1n) is 6.42. The fourth-order valence-electron chi connectivity index (χ4n) is 2.65. The SMILES string of the molecule is CCC1CN(C(CN)c2ccoc2)CCN1C. The van der Waals surface area contributed by atoms with Gasteiger partial charge in [0.05, 0.1) is 18.6 Å². The van der Waals surface area contributed by atoms with E-state index in [-0.39, 0.29) is 0 Å². The number of likely N-dealkylation sites (N-methyl/N-ethyl adjacent to an activating group) is 1. The molecule has 2 unspecified atom stereocenters. The highest BCUT2D eigenvalue weighted by Crippen LogP contribution is 2.23. The molecule has 0 aliphatic carbocycles. The Morgan fingerprint density at radius 1 is 1.53 bits per heavy atom. The van der Waals surface area contributed by atoms with Crippen LogP contribution in [0.4, 0.5) is 0 Å². The summed E-state index contributed by atoms with van der Waals surface area (Å²) in [5.74, 6) is 0. The van der Waals surface area contributed by atoms with E-state index in [1.807, 2.05) is 12.3 Å². The van der Waals surface area contributed by atoms with Gasteiger partial charge in [0, 0.05) is 37.8 Å². The molecule has 4 heteroatoms. The van der Waals surface area contributed by atoms with Crippen LogP contribution >= 0.6 is 0 Å². The molecule has 1 aromatic rings. The molecule has 4 nitrogen and oxygen atoms in total. The van der Waals surface area contributed by atoms with Crippen LogP contribution in [0.2, 0.25) is 0 Å². The topological polar surface area (TPSA) is 45.6 Å². The normalized spacial score (nSPS) is 25.0. The standard InChI is InChI=1S/C13H23N3O/c1-3-12-9-16(6-5-15(12)2)13(8-14)11-4-7-17-10-11/h4,7,10,12-13H,3,5-6,8-9,14H2,1-2H3. The molecule has 1 aromatic heterocycles. The van der Waals surface area contributed by atoms with Gasteiger partial charge in [-0.2, -0.15) is 0 Å². The van der Waals surface area contributed by atoms with E-state index in [0.29, 0.717) is 18.6 Å². The zero-order valence-electron chi connectivity index (χ0n) is 10.8. The molecule has 0 radical (unpaired) electrons. The molecule has 2 rings (SSSR count). The molecule has 0 saturated carbocycles. The van der Waals surface area contributed by atoms with E-state index in [9.17, 15) is 0 Å². The molecule has 0 spiro atoms. The molecular weight excluding hydrogens is 214 g/mol. The van der Waals surface area contributed by atoms with Crippen molar-refractivity contribution in [2.24, 2.45) is 5.73 Å². The second-order valence-corrected chi connectivity index (χ2v) is 4.85. The highest BCUT2D eigenvalue weighted by Gasteiger charge is 2.28. The minimum atomic E-state index is 0.302. The lowest BCUT2D eigenvalue weighted by Crippen LogP contribution is -2.53. The Bertz CT molecular complexity index is 325. The molecule has 1 aliphatic heterocycles. The van der Waals surface area contributed by atoms with Gasteiger partial charge in [0.15, 0.2) is 0 Å². The summed E-state index contributed by atoms with van der Waals surface area (Å²) in [5.41, 5.74) is 7.12. The third kappa shape index (κ3) is 2.70. The van der Waals surface area contributed by atoms with Crippen molar-refractivity contribution in [1.29, 1.82) is 0 Å². The van der Waals surface area contributed by atoms with Crippen molar-refractivity contribution in [3.63, 3.8) is 0 Å². The first kappa shape index (κ1) is 12.6. The summed E-state index contributed by atoms with van der Waals surface area (Å²) < 4.78 is 5.17. The summed E-state index contributed by atoms with van der Waals surface area (Å²) in [5, 5.41) is 0. The first-order chi connectivity index (χ1) is 8.26. The fourth-order valence-corrected chi connectivity index (χ4v) is 2.65. The van der Waals surface area contributed by atoms with Crippen LogP contribution in [0.15, 0.2) is 23.0 Å². The molecule has 2 N–H and O–H groups in total. The monoisotopic (exact) mass is 237 g/mol. The van der Waals surface area contributed by atoms with Crippen molar-refractivity contribution < 1.29 is 4.42 Å². The van der Waals surface area contributed by atoms with Crippen molar-refractivity contribution in [2.75, 3.05) is 33.2 Å². The Morgan fingerprint density at radius 2 is 2.35 bits per heavy atom. The van der Waals surface area contributed by atoms with Crippen molar-refractivity contribution >= 4 is 0 Å². The van der Waals surface area contributed by atoms with Crippen molar-refractivity contribution in [2.45, 2.75) is 25.4 Å². The summed E-state index contributed by atoms with van der Waals surface area (Å²) in [6.45, 7) is 6.20. The average Bonchev–Trinajstić information content (AvgIpc) is 2.86. The predicted octanol–water partition coefficient (Wildman–Crippen LogP) is 1.31. The van der Waals surface area contributed by atoms with Crippen LogP contribution in [-0.4, -0.2) is 49.1 Å². The first-order valence-corrected chi connectivity index (χ1v) is 6.42. The zero-order valence-corrected chi connectivity index (χ0v) is 10.8. The van der Waals surface area contributed by atoms with Crippen molar-refractivity contribution in [3.05, 3.63) is 24.2 Å². The quantitative estimate of drug-likeness (QED) is 0.857. The number of hydrogen-bond acceptors (Lipinski definition) is 4. The van der Waals surface area contributed by atoms with Gasteiger partial charge in [-0.15, -0.1) is 0 Å². The van der Waals surface area contributed by atoms with Crippen LogP contribution in [-0.2, 0) is 0 Å². The van der Waals surface area contributed by atoms with Gasteiger partial charge in [0.25, 0.3) is 0 Å². The van der Waals surface area contributed by atoms with E-state index in [1.54, 1.807) is 6.26 Å². The number of rotatable bonds is 4. The van der Waals surface area contributed by atoms with Crippen LogP contribution in [0.25, 0.3) is 0 Å². The number of hydrogen-bond donors (Lipinski definition) is 1. The molecule has 0 bridgehead atoms. The number of furan rings is 1. The Labute approximate surface area is 103 Å². The van der Waals surface area contributed by atoms with Gasteiger partial charge in [-0.3, -0.25) is 4.90 Å². The average molecular weight is 237 g/mol. The summed E-state index contributed by atoms with van der Waals surface area (Å²) >= 11 is 0. The summed E-state index contributed by atoms with van der Waals surface area (Å²) in [7, 11) is 2.21. The number of piperazine rings is 1. The minimum Gasteiger partial charge on any atom is -0.472 e. The number of nitrogens with two attached hydrogens (primary N) is 1. The molecule has 2 heterocycles. The Morgan fingerprint density at radius 3 is 2.94 bits per heavy atom. The second-order valence-electron chi connectivity index (χ2n) is 4.85. The Kier molecular flexibility index (Phi) is 4.20. The summed E-state index contributed by atoms with van der Waals surface area (Å²) in [4.78, 5) is 4.93. The van der Waals surface area contributed by atoms with Gasteiger partial charge in [0.2, 0.25) is 0 Å². The highest BCUT2D eigenvalue weighted by atomic mass is 16.3. The Hall–Kier alpha value is -0.840. The van der Waals surface area contributed by atoms with Gasteiger partial charge in [-0.1, -0.05) is 6.92 Å². The van der Waals surface area contributed by atoms with E-state index < -0.39 is 0 Å². The smallest absolute Gasteiger partial charge is 0.0950 e. The van der Waals surface area contributed by atoms with Crippen LogP contribution in [0.5, 0.6) is 0 Å². The number of nitrogens with zero attached hydrogens (tertiary/aromatic N) is 2. The van der Waals surface area contributed by atoms with Crippen LogP contribution < -0.4 is 5.73 Å². The van der Waals surface area contributed by atoms with Crippen molar-refractivity contribution in [1.82, 2.24) is 9.80 Å². The van der Waals surface area contributed by atoms with E-state index in [1.165, 1.54) is 12.0 Å². The highest BCUT2D eigenvalue weighted by molar-refractivity contribution is 5.13. The lowest BCUT2D eigenvalue weighted by Gasteiger charge is -2.42. The third-order valence-electron chi connectivity index (χ3n) is 3.87. The van der Waals surface area contributed by atoms with E-state index in [0.717, 1.165) is 19.6 Å². The van der Waals surface area contributed by atoms with E-state index in [4.69, 9.17) is 10.2 Å². The molecule has 0 aromatic carbocycles. The maximum absolute atomic E-state index is 5.92. The lowest BCUT2D eigenvalue weighted by atomic mass is 10.0. The molecule has 96 valence electrons. The van der Waals surface area contributed by atoms with Gasteiger partial charge in [-0.05, 0) is 19.5 Å². The van der Waals surface area contributed by atoms with Crippen LogP contribution in [0, 0.1) is 0 Å². The molecule has 1 fully saturated rings. The van der Waals surface area contributed by atoms with Crippen LogP contribution in [0.3, 0.4) is 0 Å². The zero-order chi connectivity index (χ0) is 12.3. The van der Waals surface area contributed by atoms with Gasteiger partial charge < -0.3 is 15.1 Å². The largest absolute Gasteiger partial charge is 0.472 e. The molecule has 2 atom stereocenters. The van der Waals surface area contributed by atoms with Crippen molar-refractivity contribution in [3.8, 4) is 0 Å². The Balaban J connectivity index is 2.06. The minimum absolute atomic E-state index is 0.302. The molecule has 0 amide bonds. The molecule has 17 heavy (non-hydrogen) atoms. The predicted molar refractivity (Wildman–Crippen MR) is 68.8 cm³/mol. The third-order valence-corrected chi connectivity index (χ3v) is 3.87. The van der Waals surface area contributed by atoms with Gasteiger partial charge in [0.1, 0.15) is 0 Å². The maximum atomic E-state index is 5.92. The maximum Gasteiger partial charge on any atom is 0.0950 e. The van der Waals surface area contributed by atoms with E-state index >= 15 is 0 Å². The van der Waals surface area contributed by atoms with E-state index in [2.05, 4.69) is 23.8 Å². The summed E-state index contributed by atoms with van der Waals surface area (Å²) in [6, 6.07) is 2.97. The van der Waals surface area contributed by atoms with Gasteiger partial charge >= 0.3 is 0 Å². The second kappa shape index (κ2) is 5.67. The molecule has 1 aliphatic rings. The summed E-state index contributed by atoms with van der Waals surface area (Å²) in [6.07, 6.45) is 4.73. The fraction of sp³-hybridized carbons (Fsp3) is 0.692. The van der Waals surface area contributed by atoms with Gasteiger partial charge in [-0.25, -0.2) is 0 Å². The lowest BCUT2D eigenvalue weighted by molar-refractivity contribution is 0.0642. The molecule has 1 saturated heterocycles. The molecular formula is C13H23N3O.